The summed E-state index contributed by atoms with van der Waals surface area (Å²) in [6.45, 7) is 3.66. The maximum Gasteiger partial charge on any atom is 0.303 e. The Morgan fingerprint density at radius 1 is 1.04 bits per heavy atom. The van der Waals surface area contributed by atoms with E-state index in [9.17, 15) is 14.7 Å². The maximum atomic E-state index is 12.3. The molecule has 0 aromatic heterocycles. The number of methoxy groups -OCH3 is 2. The van der Waals surface area contributed by atoms with Crippen molar-refractivity contribution in [1.29, 1.82) is 0 Å². The molecule has 0 spiro atoms. The van der Waals surface area contributed by atoms with Gasteiger partial charge in [-0.05, 0) is 32.6 Å². The first-order valence-electron chi connectivity index (χ1n) is 10.2. The summed E-state index contributed by atoms with van der Waals surface area (Å²) in [7, 11) is 3.07. The molecule has 0 aliphatic heterocycles. The topological polar surface area (TPSA) is 93.1 Å². The molecule has 0 amide bonds. The Morgan fingerprint density at radius 2 is 1.71 bits per heavy atom. The van der Waals surface area contributed by atoms with Crippen LogP contribution in [0.2, 0.25) is 0 Å². The Kier molecular flexibility index (Phi) is 15.6. The highest BCUT2D eigenvalue weighted by molar-refractivity contribution is 5.79. The number of carboxylic acid groups (broad SMARTS) is 1. The summed E-state index contributed by atoms with van der Waals surface area (Å²) in [5.74, 6) is -1.46. The first kappa shape index (κ1) is 26.5. The zero-order chi connectivity index (χ0) is 21.4. The van der Waals surface area contributed by atoms with E-state index in [1.165, 1.54) is 14.2 Å². The number of carboxylic acids is 1. The molecule has 0 saturated carbocycles. The van der Waals surface area contributed by atoms with Gasteiger partial charge in [0.15, 0.2) is 6.29 Å². The summed E-state index contributed by atoms with van der Waals surface area (Å²) < 4.78 is 10.8. The summed E-state index contributed by atoms with van der Waals surface area (Å²) in [6.07, 6.45) is 11.9. The molecule has 0 aliphatic rings. The molecule has 0 aliphatic carbocycles. The van der Waals surface area contributed by atoms with Crippen LogP contribution in [0.25, 0.3) is 0 Å². The average Bonchev–Trinajstić information content (AvgIpc) is 2.65. The molecular weight excluding hydrogens is 360 g/mol. The van der Waals surface area contributed by atoms with Crippen LogP contribution in [-0.4, -0.2) is 48.6 Å². The van der Waals surface area contributed by atoms with Crippen LogP contribution in [-0.2, 0) is 19.1 Å². The van der Waals surface area contributed by atoms with Crippen LogP contribution in [0.5, 0.6) is 0 Å². The van der Waals surface area contributed by atoms with Gasteiger partial charge in [-0.1, -0.05) is 50.5 Å². The number of Topliss-reactive ketones (excluding diaryl/α,β-unsaturated/α-hetero) is 1. The van der Waals surface area contributed by atoms with Crippen molar-refractivity contribution in [2.75, 3.05) is 14.2 Å². The summed E-state index contributed by atoms with van der Waals surface area (Å²) in [4.78, 5) is 22.8. The Hall–Kier alpha value is -1.50. The lowest BCUT2D eigenvalue weighted by Gasteiger charge is -2.28. The minimum Gasteiger partial charge on any atom is -0.481 e. The van der Waals surface area contributed by atoms with E-state index in [0.29, 0.717) is 25.7 Å². The summed E-state index contributed by atoms with van der Waals surface area (Å²) in [6, 6.07) is 0. The number of hydrogen-bond acceptors (Lipinski definition) is 5. The number of ether oxygens (including phenoxy) is 2. The minimum atomic E-state index is -0.805. The number of aliphatic carboxylic acids is 1. The van der Waals surface area contributed by atoms with Crippen LogP contribution >= 0.6 is 0 Å². The highest BCUT2D eigenvalue weighted by Crippen LogP contribution is 2.26. The number of carbonyl (C=O) groups is 2. The van der Waals surface area contributed by atoms with Crippen LogP contribution in [0.4, 0.5) is 0 Å². The first-order chi connectivity index (χ1) is 13.4. The molecule has 162 valence electrons. The molecule has 28 heavy (non-hydrogen) atoms. The molecule has 0 fully saturated rings. The number of rotatable bonds is 17. The van der Waals surface area contributed by atoms with Gasteiger partial charge in [0.2, 0.25) is 0 Å². The van der Waals surface area contributed by atoms with Crippen LogP contribution in [0.1, 0.15) is 65.2 Å². The maximum absolute atomic E-state index is 12.3. The van der Waals surface area contributed by atoms with Gasteiger partial charge < -0.3 is 19.7 Å². The molecule has 0 saturated heterocycles. The van der Waals surface area contributed by atoms with E-state index < -0.39 is 18.4 Å². The SMILES string of the molecule is CCCCCC(O)/C=C/[C@@H](C(OC)OC)[C@H](C/C=C\CCCC(=O)O)C(C)=O. The largest absolute Gasteiger partial charge is 0.481 e. The van der Waals surface area contributed by atoms with Gasteiger partial charge in [-0.3, -0.25) is 9.59 Å². The van der Waals surface area contributed by atoms with Crippen LogP contribution in [0.3, 0.4) is 0 Å². The lowest BCUT2D eigenvalue weighted by atomic mass is 9.84. The molecular formula is C22H38O6. The highest BCUT2D eigenvalue weighted by Gasteiger charge is 2.30. The average molecular weight is 399 g/mol. The van der Waals surface area contributed by atoms with Crippen LogP contribution < -0.4 is 0 Å². The first-order valence-corrected chi connectivity index (χ1v) is 10.2. The number of allylic oxidation sites excluding steroid dienone is 2. The fraction of sp³-hybridized carbons (Fsp3) is 0.727. The fourth-order valence-electron chi connectivity index (χ4n) is 3.11. The van der Waals surface area contributed by atoms with Crippen molar-refractivity contribution in [3.8, 4) is 0 Å². The van der Waals surface area contributed by atoms with Gasteiger partial charge in [0.1, 0.15) is 5.78 Å². The normalized spacial score (nSPS) is 15.4. The molecule has 1 unspecified atom stereocenters. The van der Waals surface area contributed by atoms with Gasteiger partial charge in [0.25, 0.3) is 0 Å². The van der Waals surface area contributed by atoms with Crippen molar-refractivity contribution in [2.45, 2.75) is 77.6 Å². The van der Waals surface area contributed by atoms with E-state index in [1.54, 1.807) is 13.0 Å². The third-order valence-electron chi connectivity index (χ3n) is 4.74. The molecule has 3 atom stereocenters. The van der Waals surface area contributed by atoms with Crippen molar-refractivity contribution < 1.29 is 29.3 Å². The summed E-state index contributed by atoms with van der Waals surface area (Å²) in [5, 5.41) is 18.8. The number of hydrogen-bond donors (Lipinski definition) is 2. The second-order valence-electron chi connectivity index (χ2n) is 7.08. The fourth-order valence-corrected chi connectivity index (χ4v) is 3.11. The van der Waals surface area contributed by atoms with E-state index in [1.807, 2.05) is 18.2 Å². The van der Waals surface area contributed by atoms with Crippen molar-refractivity contribution in [3.05, 3.63) is 24.3 Å². The predicted molar refractivity (Wildman–Crippen MR) is 110 cm³/mol. The number of carbonyl (C=O) groups excluding carboxylic acids is 1. The molecule has 6 heteroatoms. The summed E-state index contributed by atoms with van der Waals surface area (Å²) >= 11 is 0. The minimum absolute atomic E-state index is 0.0180. The van der Waals surface area contributed by atoms with E-state index in [2.05, 4.69) is 6.92 Å². The van der Waals surface area contributed by atoms with E-state index >= 15 is 0 Å². The lowest BCUT2D eigenvalue weighted by Crippen LogP contribution is -2.33. The van der Waals surface area contributed by atoms with Crippen molar-refractivity contribution in [1.82, 2.24) is 0 Å². The van der Waals surface area contributed by atoms with E-state index in [-0.39, 0.29) is 24.0 Å². The van der Waals surface area contributed by atoms with E-state index in [0.717, 1.165) is 19.3 Å². The zero-order valence-corrected chi connectivity index (χ0v) is 17.8. The number of ketones is 1. The quantitative estimate of drug-likeness (QED) is 0.217. The summed E-state index contributed by atoms with van der Waals surface area (Å²) in [5.41, 5.74) is 0. The van der Waals surface area contributed by atoms with E-state index in [4.69, 9.17) is 14.6 Å². The van der Waals surface area contributed by atoms with Gasteiger partial charge in [0.05, 0.1) is 6.10 Å². The molecule has 0 heterocycles. The van der Waals surface area contributed by atoms with Crippen molar-refractivity contribution >= 4 is 11.8 Å². The molecule has 0 bridgehead atoms. The Labute approximate surface area is 169 Å². The zero-order valence-electron chi connectivity index (χ0n) is 17.8. The smallest absolute Gasteiger partial charge is 0.303 e. The number of aliphatic hydroxyl groups excluding tert-OH is 1. The third kappa shape index (κ3) is 12.1. The number of aliphatic hydroxyl groups is 1. The van der Waals surface area contributed by atoms with Gasteiger partial charge in [-0.25, -0.2) is 0 Å². The Morgan fingerprint density at radius 3 is 2.25 bits per heavy atom. The molecule has 0 radical (unpaired) electrons. The van der Waals surface area contributed by atoms with Gasteiger partial charge in [-0.15, -0.1) is 0 Å². The van der Waals surface area contributed by atoms with Crippen molar-refractivity contribution in [2.24, 2.45) is 11.8 Å². The molecule has 0 rings (SSSR count). The molecule has 0 aromatic rings. The second kappa shape index (κ2) is 16.5. The Bertz CT molecular complexity index is 481. The van der Waals surface area contributed by atoms with Crippen molar-refractivity contribution in [3.63, 3.8) is 0 Å². The van der Waals surface area contributed by atoms with Gasteiger partial charge >= 0.3 is 5.97 Å². The van der Waals surface area contributed by atoms with Crippen LogP contribution in [0, 0.1) is 11.8 Å². The number of unbranched alkanes of at least 4 members (excludes halogenated alkanes) is 3. The standard InChI is InChI=1S/C22H38O6/c1-5-6-9-12-18(24)15-16-20(22(27-3)28-4)19(17(2)23)13-10-7-8-11-14-21(25)26/h7,10,15-16,18-20,22,24H,5-6,8-9,11-14H2,1-4H3,(H,25,26)/b10-7-,16-15+/t18?,19-,20-/m1/s1. The third-order valence-corrected chi connectivity index (χ3v) is 4.74. The monoisotopic (exact) mass is 398 g/mol. The van der Waals surface area contributed by atoms with Crippen LogP contribution in [0.15, 0.2) is 24.3 Å². The predicted octanol–water partition coefficient (Wildman–Crippen LogP) is 4.13. The molecule has 2 N–H and O–H groups in total. The molecule has 0 aromatic carbocycles. The Balaban J connectivity index is 5.04. The second-order valence-corrected chi connectivity index (χ2v) is 7.08. The lowest BCUT2D eigenvalue weighted by molar-refractivity contribution is -0.147. The van der Waals surface area contributed by atoms with Gasteiger partial charge in [-0.2, -0.15) is 0 Å². The van der Waals surface area contributed by atoms with Gasteiger partial charge in [0, 0.05) is 32.5 Å². The molecule has 6 nitrogen and oxygen atoms in total. The highest BCUT2D eigenvalue weighted by atomic mass is 16.7.